The fraction of sp³-hybridized carbons (Fsp3) is 0.900. The van der Waals surface area contributed by atoms with Gasteiger partial charge in [0.15, 0.2) is 0 Å². The quantitative estimate of drug-likeness (QED) is 0.575. The number of nitrogens with zero attached hydrogens (tertiary/aromatic N) is 1. The molecule has 2 aliphatic heterocycles. The number of hydrogen-bond donors (Lipinski definition) is 3. The van der Waals surface area contributed by atoms with E-state index in [0.29, 0.717) is 13.0 Å². The number of piperidine rings is 2. The third kappa shape index (κ3) is 1.87. The van der Waals surface area contributed by atoms with E-state index < -0.39 is 11.6 Å². The maximum atomic E-state index is 10.6. The molecule has 1 aliphatic carbocycles. The van der Waals surface area contributed by atoms with Crippen LogP contribution in [0.3, 0.4) is 0 Å². The van der Waals surface area contributed by atoms with E-state index in [9.17, 15) is 9.90 Å². The summed E-state index contributed by atoms with van der Waals surface area (Å²) in [5, 5.41) is 19.0. The van der Waals surface area contributed by atoms with Crippen LogP contribution in [0.25, 0.3) is 0 Å². The number of carboxylic acid groups (broad SMARTS) is 1. The number of carboxylic acids is 1. The van der Waals surface area contributed by atoms with E-state index in [-0.39, 0.29) is 25.0 Å². The zero-order valence-electron chi connectivity index (χ0n) is 8.72. The van der Waals surface area contributed by atoms with Gasteiger partial charge in [0.25, 0.3) is 0 Å². The molecule has 0 radical (unpaired) electrons. The summed E-state index contributed by atoms with van der Waals surface area (Å²) in [5.41, 5.74) is 4.83. The number of fused-ring (bicyclic) bond motifs is 3. The zero-order chi connectivity index (χ0) is 11.1. The van der Waals surface area contributed by atoms with Gasteiger partial charge in [-0.15, -0.1) is 0 Å². The summed E-state index contributed by atoms with van der Waals surface area (Å²) in [7, 11) is 0. The van der Waals surface area contributed by atoms with E-state index in [4.69, 9.17) is 10.8 Å². The molecule has 0 aromatic rings. The van der Waals surface area contributed by atoms with Crippen LogP contribution in [-0.2, 0) is 4.79 Å². The maximum Gasteiger partial charge on any atom is 0.317 e. The minimum Gasteiger partial charge on any atom is -0.480 e. The van der Waals surface area contributed by atoms with E-state index in [2.05, 4.69) is 0 Å². The Labute approximate surface area is 88.9 Å². The van der Waals surface area contributed by atoms with Gasteiger partial charge in [0.05, 0.1) is 12.1 Å². The first-order valence-corrected chi connectivity index (χ1v) is 5.43. The Balaban J connectivity index is 2.05. The monoisotopic (exact) mass is 214 g/mol. The van der Waals surface area contributed by atoms with Gasteiger partial charge in [-0.25, -0.2) is 0 Å². The minimum absolute atomic E-state index is 0.0851. The van der Waals surface area contributed by atoms with Crippen LogP contribution in [0.4, 0.5) is 0 Å². The molecule has 0 spiro atoms. The van der Waals surface area contributed by atoms with Gasteiger partial charge in [-0.05, 0) is 19.3 Å². The SMILES string of the molecule is NCC1(O)CC2CCC1CN2CC(=O)O. The van der Waals surface area contributed by atoms with Gasteiger partial charge < -0.3 is 15.9 Å². The van der Waals surface area contributed by atoms with Crippen LogP contribution < -0.4 is 5.73 Å². The Bertz CT molecular complexity index is 271. The Morgan fingerprint density at radius 1 is 1.53 bits per heavy atom. The molecule has 3 fully saturated rings. The van der Waals surface area contributed by atoms with Crippen molar-refractivity contribution < 1.29 is 15.0 Å². The summed E-state index contributed by atoms with van der Waals surface area (Å²) in [4.78, 5) is 12.6. The maximum absolute atomic E-state index is 10.6. The van der Waals surface area contributed by atoms with Crippen molar-refractivity contribution >= 4 is 5.97 Å². The van der Waals surface area contributed by atoms with Crippen molar-refractivity contribution in [2.75, 3.05) is 19.6 Å². The highest BCUT2D eigenvalue weighted by molar-refractivity contribution is 5.69. The van der Waals surface area contributed by atoms with Gasteiger partial charge in [-0.2, -0.15) is 0 Å². The molecule has 5 heteroatoms. The fourth-order valence-electron chi connectivity index (χ4n) is 2.96. The van der Waals surface area contributed by atoms with E-state index in [1.807, 2.05) is 4.90 Å². The Hall–Kier alpha value is -0.650. The Morgan fingerprint density at radius 3 is 2.73 bits per heavy atom. The Morgan fingerprint density at radius 2 is 2.27 bits per heavy atom. The molecule has 3 rings (SSSR count). The number of aliphatic hydroxyl groups is 1. The predicted molar refractivity (Wildman–Crippen MR) is 54.3 cm³/mol. The topological polar surface area (TPSA) is 86.8 Å². The molecule has 2 bridgehead atoms. The van der Waals surface area contributed by atoms with Gasteiger partial charge >= 0.3 is 5.97 Å². The molecule has 0 aromatic carbocycles. The lowest BCUT2D eigenvalue weighted by molar-refractivity contribution is -0.149. The zero-order valence-corrected chi connectivity index (χ0v) is 8.72. The van der Waals surface area contributed by atoms with Crippen LogP contribution in [0.5, 0.6) is 0 Å². The number of hydrogen-bond acceptors (Lipinski definition) is 4. The Kier molecular flexibility index (Phi) is 2.70. The van der Waals surface area contributed by atoms with Crippen LogP contribution in [0.15, 0.2) is 0 Å². The number of carbonyl (C=O) groups is 1. The number of aliphatic carboxylic acids is 1. The van der Waals surface area contributed by atoms with Crippen molar-refractivity contribution in [3.63, 3.8) is 0 Å². The van der Waals surface area contributed by atoms with Crippen molar-refractivity contribution in [2.24, 2.45) is 11.7 Å². The predicted octanol–water partition coefficient (Wildman–Crippen LogP) is -0.755. The van der Waals surface area contributed by atoms with Crippen molar-refractivity contribution in [1.82, 2.24) is 4.90 Å². The second-order valence-electron chi connectivity index (χ2n) is 4.76. The highest BCUT2D eigenvalue weighted by Gasteiger charge is 2.48. The molecule has 86 valence electrons. The highest BCUT2D eigenvalue weighted by atomic mass is 16.4. The molecule has 0 aromatic heterocycles. The van der Waals surface area contributed by atoms with E-state index in [1.165, 1.54) is 0 Å². The van der Waals surface area contributed by atoms with Crippen LogP contribution >= 0.6 is 0 Å². The van der Waals surface area contributed by atoms with Crippen molar-refractivity contribution in [1.29, 1.82) is 0 Å². The van der Waals surface area contributed by atoms with Crippen molar-refractivity contribution in [3.05, 3.63) is 0 Å². The summed E-state index contributed by atoms with van der Waals surface area (Å²) in [6, 6.07) is 0.194. The fourth-order valence-corrected chi connectivity index (χ4v) is 2.96. The second kappa shape index (κ2) is 3.73. The average molecular weight is 214 g/mol. The van der Waals surface area contributed by atoms with Crippen LogP contribution in [0.2, 0.25) is 0 Å². The van der Waals surface area contributed by atoms with Crippen LogP contribution in [-0.4, -0.2) is 52.4 Å². The van der Waals surface area contributed by atoms with Crippen molar-refractivity contribution in [3.8, 4) is 0 Å². The third-order valence-corrected chi connectivity index (χ3v) is 3.86. The van der Waals surface area contributed by atoms with Gasteiger partial charge in [0, 0.05) is 25.0 Å². The standard InChI is InChI=1S/C10H18N2O3/c11-6-10(15)3-8-2-1-7(10)4-12(8)5-9(13)14/h7-8,15H,1-6,11H2,(H,13,14). The molecule has 3 aliphatic rings. The molecule has 3 atom stereocenters. The summed E-state index contributed by atoms with van der Waals surface area (Å²) in [6.45, 7) is 1.04. The lowest BCUT2D eigenvalue weighted by Crippen LogP contribution is -2.63. The molecular weight excluding hydrogens is 196 g/mol. The van der Waals surface area contributed by atoms with Gasteiger partial charge in [0.1, 0.15) is 0 Å². The van der Waals surface area contributed by atoms with Gasteiger partial charge in [-0.3, -0.25) is 9.69 Å². The second-order valence-corrected chi connectivity index (χ2v) is 4.76. The average Bonchev–Trinajstić information content (AvgIpc) is 2.19. The molecule has 5 nitrogen and oxygen atoms in total. The van der Waals surface area contributed by atoms with E-state index >= 15 is 0 Å². The summed E-state index contributed by atoms with van der Waals surface area (Å²) >= 11 is 0. The number of nitrogens with two attached hydrogens (primary N) is 1. The summed E-state index contributed by atoms with van der Waals surface area (Å²) in [6.07, 6.45) is 2.58. The van der Waals surface area contributed by atoms with Gasteiger partial charge in [-0.1, -0.05) is 0 Å². The molecular formula is C10H18N2O3. The van der Waals surface area contributed by atoms with Crippen LogP contribution in [0.1, 0.15) is 19.3 Å². The summed E-state index contributed by atoms with van der Waals surface area (Å²) < 4.78 is 0. The van der Waals surface area contributed by atoms with Gasteiger partial charge in [0.2, 0.25) is 0 Å². The molecule has 0 amide bonds. The normalized spacial score (nSPS) is 40.7. The lowest BCUT2D eigenvalue weighted by Gasteiger charge is -2.53. The molecule has 15 heavy (non-hydrogen) atoms. The lowest BCUT2D eigenvalue weighted by atomic mass is 9.69. The first-order valence-electron chi connectivity index (χ1n) is 5.43. The van der Waals surface area contributed by atoms with Crippen molar-refractivity contribution in [2.45, 2.75) is 30.9 Å². The third-order valence-electron chi connectivity index (χ3n) is 3.86. The molecule has 2 heterocycles. The largest absolute Gasteiger partial charge is 0.480 e. The summed E-state index contributed by atoms with van der Waals surface area (Å²) in [5.74, 6) is -0.648. The number of rotatable bonds is 3. The highest BCUT2D eigenvalue weighted by Crippen LogP contribution is 2.41. The molecule has 2 saturated heterocycles. The van der Waals surface area contributed by atoms with Crippen LogP contribution in [0, 0.1) is 5.92 Å². The van der Waals surface area contributed by atoms with E-state index in [0.717, 1.165) is 12.8 Å². The molecule has 1 saturated carbocycles. The first-order chi connectivity index (χ1) is 7.05. The smallest absolute Gasteiger partial charge is 0.317 e. The molecule has 4 N–H and O–H groups in total. The molecule has 3 unspecified atom stereocenters. The first kappa shape index (κ1) is 10.9. The minimum atomic E-state index is -0.793. The van der Waals surface area contributed by atoms with E-state index in [1.54, 1.807) is 0 Å².